The van der Waals surface area contributed by atoms with Crippen molar-refractivity contribution in [2.24, 2.45) is 23.7 Å². The summed E-state index contributed by atoms with van der Waals surface area (Å²) < 4.78 is 0. The number of carbonyl (C=O) groups excluding carboxylic acids is 2. The number of nitrogen functional groups attached to an aromatic ring is 2. The van der Waals surface area contributed by atoms with Gasteiger partial charge in [0, 0.05) is 59.1 Å². The first-order chi connectivity index (χ1) is 25.1. The SMILES string of the molecule is Cc1ccncc1-c1cc2cc(NC(=O)[C@@H]3C[C@H]3C#N)ncc2c(N)n1.Cc1ccncc1-c1cc2cc(NC(=O)[C@H]3C[C@@H]3C#N)ncc2c(N)n1. The Labute approximate surface area is 298 Å². The Balaban J connectivity index is 0.000000162. The molecule has 2 fully saturated rings. The summed E-state index contributed by atoms with van der Waals surface area (Å²) in [6.45, 7) is 3.97. The number of hydrogen-bond donors (Lipinski definition) is 4. The van der Waals surface area contributed by atoms with Gasteiger partial charge in [0.15, 0.2) is 0 Å². The number of hydrogen-bond acceptors (Lipinski definition) is 12. The van der Waals surface area contributed by atoms with Crippen LogP contribution in [0.3, 0.4) is 0 Å². The summed E-state index contributed by atoms with van der Waals surface area (Å²) in [5.74, 6) is 0.419. The topological polar surface area (TPSA) is 235 Å². The first-order valence-corrected chi connectivity index (χ1v) is 16.5. The summed E-state index contributed by atoms with van der Waals surface area (Å²) in [5.41, 5.74) is 17.5. The quantitative estimate of drug-likeness (QED) is 0.173. The minimum Gasteiger partial charge on any atom is -0.383 e. The molecule has 0 saturated heterocycles. The van der Waals surface area contributed by atoms with Crippen LogP contribution in [0.25, 0.3) is 44.1 Å². The first-order valence-electron chi connectivity index (χ1n) is 16.5. The number of pyridine rings is 6. The smallest absolute Gasteiger partial charge is 0.230 e. The molecule has 8 rings (SSSR count). The van der Waals surface area contributed by atoms with E-state index in [1.165, 1.54) is 0 Å². The fourth-order valence-electron chi connectivity index (χ4n) is 5.92. The number of amides is 2. The third-order valence-corrected chi connectivity index (χ3v) is 9.21. The lowest BCUT2D eigenvalue weighted by atomic mass is 10.1. The minimum absolute atomic E-state index is 0.172. The van der Waals surface area contributed by atoms with Crippen molar-refractivity contribution in [2.45, 2.75) is 26.7 Å². The van der Waals surface area contributed by atoms with Crippen molar-refractivity contribution in [1.29, 1.82) is 10.5 Å². The van der Waals surface area contributed by atoms with Crippen molar-refractivity contribution in [2.75, 3.05) is 22.1 Å². The van der Waals surface area contributed by atoms with Crippen LogP contribution in [-0.4, -0.2) is 41.7 Å². The Morgan fingerprint density at radius 1 is 0.692 bits per heavy atom. The number of nitriles is 2. The molecule has 14 nitrogen and oxygen atoms in total. The lowest BCUT2D eigenvalue weighted by Gasteiger charge is -2.10. The van der Waals surface area contributed by atoms with E-state index in [4.69, 9.17) is 22.0 Å². The Morgan fingerprint density at radius 2 is 1.12 bits per heavy atom. The van der Waals surface area contributed by atoms with Gasteiger partial charge in [-0.3, -0.25) is 19.6 Å². The highest BCUT2D eigenvalue weighted by atomic mass is 16.2. The number of nitrogens with zero attached hydrogens (tertiary/aromatic N) is 8. The Bertz CT molecular complexity index is 2320. The number of fused-ring (bicyclic) bond motifs is 2. The first kappa shape index (κ1) is 33.4. The average Bonchev–Trinajstić information content (AvgIpc) is 4.07. The second-order valence-corrected chi connectivity index (χ2v) is 12.9. The maximum atomic E-state index is 12.1. The molecule has 6 heterocycles. The van der Waals surface area contributed by atoms with Gasteiger partial charge in [0.25, 0.3) is 0 Å². The molecule has 2 aliphatic rings. The molecule has 6 N–H and O–H groups in total. The summed E-state index contributed by atoms with van der Waals surface area (Å²) in [7, 11) is 0. The molecule has 2 amide bonds. The fraction of sp³-hybridized carbons (Fsp3) is 0.211. The number of anilines is 4. The Hall–Kier alpha value is -7.06. The van der Waals surface area contributed by atoms with E-state index in [1.54, 1.807) is 49.3 Å². The van der Waals surface area contributed by atoms with Crippen LogP contribution in [0.4, 0.5) is 23.3 Å². The molecule has 2 saturated carbocycles. The molecule has 6 aromatic heterocycles. The van der Waals surface area contributed by atoms with Gasteiger partial charge < -0.3 is 22.1 Å². The zero-order valence-corrected chi connectivity index (χ0v) is 28.2. The van der Waals surface area contributed by atoms with Crippen LogP contribution in [-0.2, 0) is 9.59 Å². The molecule has 6 aromatic rings. The van der Waals surface area contributed by atoms with Gasteiger partial charge >= 0.3 is 0 Å². The summed E-state index contributed by atoms with van der Waals surface area (Å²) in [4.78, 5) is 50.0. The molecule has 4 atom stereocenters. The predicted octanol–water partition coefficient (Wildman–Crippen LogP) is 5.36. The highest BCUT2D eigenvalue weighted by molar-refractivity contribution is 6.00. The molecule has 0 radical (unpaired) electrons. The van der Waals surface area contributed by atoms with Crippen LogP contribution < -0.4 is 22.1 Å². The highest BCUT2D eigenvalue weighted by Crippen LogP contribution is 2.39. The van der Waals surface area contributed by atoms with E-state index in [1.807, 2.05) is 38.1 Å². The van der Waals surface area contributed by atoms with Crippen molar-refractivity contribution in [3.8, 4) is 34.7 Å². The third kappa shape index (κ3) is 6.86. The molecule has 0 bridgehead atoms. The van der Waals surface area contributed by atoms with Crippen LogP contribution in [0.5, 0.6) is 0 Å². The van der Waals surface area contributed by atoms with Gasteiger partial charge in [-0.15, -0.1) is 0 Å². The van der Waals surface area contributed by atoms with Crippen LogP contribution in [0.1, 0.15) is 24.0 Å². The van der Waals surface area contributed by atoms with E-state index < -0.39 is 0 Å². The van der Waals surface area contributed by atoms with E-state index in [2.05, 4.69) is 52.7 Å². The summed E-state index contributed by atoms with van der Waals surface area (Å²) >= 11 is 0. The molecule has 2 aliphatic carbocycles. The van der Waals surface area contributed by atoms with Crippen LogP contribution in [0.15, 0.2) is 73.6 Å². The maximum Gasteiger partial charge on any atom is 0.230 e. The molecule has 256 valence electrons. The van der Waals surface area contributed by atoms with Crippen molar-refractivity contribution in [1.82, 2.24) is 29.9 Å². The van der Waals surface area contributed by atoms with Crippen LogP contribution in [0.2, 0.25) is 0 Å². The van der Waals surface area contributed by atoms with E-state index in [9.17, 15) is 9.59 Å². The molecular formula is C38H32N12O2. The highest BCUT2D eigenvalue weighted by Gasteiger charge is 2.44. The molecule has 0 aliphatic heterocycles. The van der Waals surface area contributed by atoms with Crippen LogP contribution >= 0.6 is 0 Å². The van der Waals surface area contributed by atoms with E-state index in [0.717, 1.165) is 55.2 Å². The Morgan fingerprint density at radius 3 is 1.48 bits per heavy atom. The van der Waals surface area contributed by atoms with Gasteiger partial charge in [-0.05, 0) is 85.0 Å². The van der Waals surface area contributed by atoms with Crippen molar-refractivity contribution in [3.05, 3.63) is 84.7 Å². The molecular weight excluding hydrogens is 656 g/mol. The number of nitrogens with two attached hydrogens (primary N) is 2. The number of aryl methyl sites for hydroxylation is 2. The fourth-order valence-corrected chi connectivity index (χ4v) is 5.92. The van der Waals surface area contributed by atoms with Crippen molar-refractivity contribution < 1.29 is 9.59 Å². The Kier molecular flexibility index (Phi) is 8.80. The van der Waals surface area contributed by atoms with Gasteiger partial charge in [-0.1, -0.05) is 0 Å². The van der Waals surface area contributed by atoms with E-state index in [-0.39, 0.29) is 35.5 Å². The monoisotopic (exact) mass is 688 g/mol. The number of aromatic nitrogens is 6. The normalized spacial score (nSPS) is 18.3. The second-order valence-electron chi connectivity index (χ2n) is 12.9. The van der Waals surface area contributed by atoms with E-state index in [0.29, 0.717) is 36.1 Å². The lowest BCUT2D eigenvalue weighted by Crippen LogP contribution is -2.15. The maximum absolute atomic E-state index is 12.1. The van der Waals surface area contributed by atoms with Gasteiger partial charge in [0.2, 0.25) is 11.8 Å². The molecule has 14 heteroatoms. The largest absolute Gasteiger partial charge is 0.383 e. The molecule has 0 aromatic carbocycles. The number of carbonyl (C=O) groups is 2. The van der Waals surface area contributed by atoms with Gasteiger partial charge in [0.1, 0.15) is 23.3 Å². The summed E-state index contributed by atoms with van der Waals surface area (Å²) in [6, 6.07) is 15.4. The minimum atomic E-state index is -0.242. The second kappa shape index (κ2) is 13.7. The number of nitrogens with one attached hydrogen (secondary N) is 2. The van der Waals surface area contributed by atoms with Gasteiger partial charge in [0.05, 0.1) is 47.2 Å². The van der Waals surface area contributed by atoms with Gasteiger partial charge in [-0.2, -0.15) is 10.5 Å². The average molecular weight is 689 g/mol. The lowest BCUT2D eigenvalue weighted by molar-refractivity contribution is -0.118. The zero-order valence-electron chi connectivity index (χ0n) is 28.2. The molecule has 0 spiro atoms. The third-order valence-electron chi connectivity index (χ3n) is 9.21. The predicted molar refractivity (Wildman–Crippen MR) is 196 cm³/mol. The summed E-state index contributed by atoms with van der Waals surface area (Å²) in [5, 5.41) is 26.3. The molecule has 0 unspecified atom stereocenters. The zero-order chi connectivity index (χ0) is 36.5. The van der Waals surface area contributed by atoms with Crippen molar-refractivity contribution >= 4 is 56.6 Å². The molecule has 52 heavy (non-hydrogen) atoms. The number of rotatable bonds is 6. The standard InChI is InChI=1S/2C19H16N6O/c2*1-10-2-3-22-8-14(10)16-5-11-6-17(23-9-15(11)18(21)24-16)25-19(26)13-4-12(13)7-20/h2*2-3,5-6,8-9,12-13H,4H2,1H3,(H2,21,24)(H,23,25,26)/t2*12-,13+/m10/s1. The van der Waals surface area contributed by atoms with Crippen molar-refractivity contribution in [3.63, 3.8) is 0 Å². The summed E-state index contributed by atoms with van der Waals surface area (Å²) in [6.07, 6.45) is 11.4. The van der Waals surface area contributed by atoms with Gasteiger partial charge in [-0.25, -0.2) is 19.9 Å². The van der Waals surface area contributed by atoms with Crippen LogP contribution in [0, 0.1) is 60.2 Å². The van der Waals surface area contributed by atoms with E-state index >= 15 is 0 Å².